The maximum absolute atomic E-state index is 12.8. The second-order valence-electron chi connectivity index (χ2n) is 6.41. The molecule has 4 N–H and O–H groups in total. The number of amides is 2. The maximum atomic E-state index is 12.8. The number of nitrogens with zero attached hydrogens (tertiary/aromatic N) is 2. The van der Waals surface area contributed by atoms with Gasteiger partial charge in [0.1, 0.15) is 10.9 Å². The number of anilines is 1. The molecule has 2 atom stereocenters. The molecule has 1 aliphatic rings. The molecule has 1 saturated heterocycles. The monoisotopic (exact) mass is 413 g/mol. The standard InChI is InChI=1S/C20H23N5O3S/c1-3-28-17(26)16-20(2,24-23-18(21)27)25(15-12-8-5-9-13-15)19(29-16)22-14-10-6-4-7-11-14/h4-13,16,24H,3H2,1-2H3,(H3,21,23,27). The molecule has 152 valence electrons. The average Bonchev–Trinajstić information content (AvgIpc) is 3.00. The molecule has 3 rings (SSSR count). The van der Waals surface area contributed by atoms with E-state index < -0.39 is 22.9 Å². The smallest absolute Gasteiger partial charge is 0.326 e. The van der Waals surface area contributed by atoms with Gasteiger partial charge in [0, 0.05) is 5.69 Å². The molecule has 0 radical (unpaired) electrons. The van der Waals surface area contributed by atoms with Gasteiger partial charge in [-0.3, -0.25) is 15.1 Å². The molecule has 0 saturated carbocycles. The number of aliphatic imine (C=N–C) groups is 1. The lowest BCUT2D eigenvalue weighted by molar-refractivity contribution is -0.143. The molecule has 0 aliphatic carbocycles. The zero-order chi connectivity index (χ0) is 20.9. The van der Waals surface area contributed by atoms with Crippen molar-refractivity contribution in [2.24, 2.45) is 10.7 Å². The van der Waals surface area contributed by atoms with Gasteiger partial charge in [-0.15, -0.1) is 0 Å². The molecule has 1 heterocycles. The highest BCUT2D eigenvalue weighted by Gasteiger charge is 2.54. The summed E-state index contributed by atoms with van der Waals surface area (Å²) in [5.74, 6) is -0.419. The molecular formula is C20H23N5O3S. The number of primary amides is 1. The second kappa shape index (κ2) is 8.97. The Bertz CT molecular complexity index is 894. The first-order valence-corrected chi connectivity index (χ1v) is 9.98. The van der Waals surface area contributed by atoms with Crippen LogP contribution in [0.5, 0.6) is 0 Å². The Labute approximate surface area is 173 Å². The van der Waals surface area contributed by atoms with Crippen molar-refractivity contribution in [2.45, 2.75) is 24.8 Å². The van der Waals surface area contributed by atoms with Gasteiger partial charge in [-0.05, 0) is 38.1 Å². The van der Waals surface area contributed by atoms with Gasteiger partial charge in [0.2, 0.25) is 0 Å². The van der Waals surface area contributed by atoms with Crippen LogP contribution in [-0.2, 0) is 9.53 Å². The SMILES string of the molecule is CCOC(=O)C1SC(=Nc2ccccc2)N(c2ccccc2)C1(C)NNC(N)=O. The molecule has 9 heteroatoms. The van der Waals surface area contributed by atoms with Crippen molar-refractivity contribution in [3.8, 4) is 0 Å². The van der Waals surface area contributed by atoms with Crippen LogP contribution in [0.2, 0.25) is 0 Å². The first-order chi connectivity index (χ1) is 14.0. The topological polar surface area (TPSA) is 109 Å². The van der Waals surface area contributed by atoms with Gasteiger partial charge >= 0.3 is 12.0 Å². The molecular weight excluding hydrogens is 390 g/mol. The van der Waals surface area contributed by atoms with Crippen molar-refractivity contribution < 1.29 is 14.3 Å². The van der Waals surface area contributed by atoms with Crippen LogP contribution in [0.4, 0.5) is 16.2 Å². The van der Waals surface area contributed by atoms with Crippen molar-refractivity contribution in [2.75, 3.05) is 11.5 Å². The highest BCUT2D eigenvalue weighted by atomic mass is 32.2. The maximum Gasteiger partial charge on any atom is 0.326 e. The fourth-order valence-electron chi connectivity index (χ4n) is 3.04. The zero-order valence-electron chi connectivity index (χ0n) is 16.2. The number of hydrogen-bond acceptors (Lipinski definition) is 6. The minimum absolute atomic E-state index is 0.242. The number of benzene rings is 2. The van der Waals surface area contributed by atoms with Crippen molar-refractivity contribution in [1.82, 2.24) is 10.9 Å². The Morgan fingerprint density at radius 2 is 1.79 bits per heavy atom. The first-order valence-electron chi connectivity index (χ1n) is 9.10. The van der Waals surface area contributed by atoms with E-state index in [0.29, 0.717) is 5.17 Å². The summed E-state index contributed by atoms with van der Waals surface area (Å²) in [5, 5.41) is -0.126. The van der Waals surface area contributed by atoms with Crippen LogP contribution in [0, 0.1) is 0 Å². The summed E-state index contributed by atoms with van der Waals surface area (Å²) in [4.78, 5) is 30.8. The van der Waals surface area contributed by atoms with E-state index in [0.717, 1.165) is 11.4 Å². The molecule has 1 fully saturated rings. The Morgan fingerprint density at radius 3 is 2.38 bits per heavy atom. The molecule has 2 aromatic carbocycles. The van der Waals surface area contributed by atoms with Crippen LogP contribution in [0.25, 0.3) is 0 Å². The van der Waals surface area contributed by atoms with Gasteiger partial charge in [-0.25, -0.2) is 15.2 Å². The van der Waals surface area contributed by atoms with E-state index in [1.54, 1.807) is 13.8 Å². The molecule has 2 aromatic rings. The van der Waals surface area contributed by atoms with Crippen molar-refractivity contribution >= 4 is 40.3 Å². The molecule has 2 amide bonds. The molecule has 2 unspecified atom stereocenters. The number of carbonyl (C=O) groups excluding carboxylic acids is 2. The van der Waals surface area contributed by atoms with Gasteiger partial charge in [0.05, 0.1) is 12.3 Å². The van der Waals surface area contributed by atoms with Gasteiger partial charge in [0.25, 0.3) is 0 Å². The number of thioether (sulfide) groups is 1. The Morgan fingerprint density at radius 1 is 1.17 bits per heavy atom. The summed E-state index contributed by atoms with van der Waals surface area (Å²) >= 11 is 1.26. The van der Waals surface area contributed by atoms with Crippen LogP contribution in [0.1, 0.15) is 13.8 Å². The minimum atomic E-state index is -1.08. The molecule has 0 bridgehead atoms. The lowest BCUT2D eigenvalue weighted by Crippen LogP contribution is -2.66. The normalized spacial score (nSPS) is 22.5. The molecule has 0 spiro atoms. The van der Waals surface area contributed by atoms with Gasteiger partial charge in [-0.2, -0.15) is 0 Å². The van der Waals surface area contributed by atoms with Gasteiger partial charge in [0.15, 0.2) is 5.17 Å². The summed E-state index contributed by atoms with van der Waals surface area (Å²) in [6.07, 6.45) is 0. The molecule has 29 heavy (non-hydrogen) atoms. The zero-order valence-corrected chi connectivity index (χ0v) is 17.0. The number of hydrazine groups is 1. The number of para-hydroxylation sites is 2. The number of nitrogens with two attached hydrogens (primary N) is 1. The van der Waals surface area contributed by atoms with Crippen LogP contribution in [0.15, 0.2) is 65.7 Å². The number of esters is 1. The van der Waals surface area contributed by atoms with E-state index >= 15 is 0 Å². The van der Waals surface area contributed by atoms with Crippen molar-refractivity contribution in [1.29, 1.82) is 0 Å². The van der Waals surface area contributed by atoms with E-state index in [9.17, 15) is 9.59 Å². The third-order valence-electron chi connectivity index (χ3n) is 4.32. The predicted octanol–water partition coefficient (Wildman–Crippen LogP) is 2.75. The van der Waals surface area contributed by atoms with E-state index in [1.165, 1.54) is 11.8 Å². The fourth-order valence-corrected chi connectivity index (χ4v) is 4.37. The predicted molar refractivity (Wildman–Crippen MR) is 115 cm³/mol. The van der Waals surface area contributed by atoms with E-state index in [-0.39, 0.29) is 6.61 Å². The van der Waals surface area contributed by atoms with E-state index in [2.05, 4.69) is 10.9 Å². The number of urea groups is 1. The van der Waals surface area contributed by atoms with Crippen LogP contribution in [0.3, 0.4) is 0 Å². The third-order valence-corrected chi connectivity index (χ3v) is 5.70. The second-order valence-corrected chi connectivity index (χ2v) is 7.48. The lowest BCUT2D eigenvalue weighted by atomic mass is 10.1. The highest BCUT2D eigenvalue weighted by molar-refractivity contribution is 8.15. The first kappa shape index (κ1) is 20.7. The Balaban J connectivity index is 2.11. The van der Waals surface area contributed by atoms with E-state index in [4.69, 9.17) is 15.5 Å². The number of nitrogens with one attached hydrogen (secondary N) is 2. The van der Waals surface area contributed by atoms with Crippen LogP contribution < -0.4 is 21.5 Å². The number of rotatable bonds is 6. The summed E-state index contributed by atoms with van der Waals surface area (Å²) in [7, 11) is 0. The Hall–Kier alpha value is -3.04. The molecule has 1 aliphatic heterocycles. The van der Waals surface area contributed by atoms with Crippen LogP contribution >= 0.6 is 11.8 Å². The largest absolute Gasteiger partial charge is 0.465 e. The fraction of sp³-hybridized carbons (Fsp3) is 0.250. The third kappa shape index (κ3) is 4.52. The quantitative estimate of drug-likeness (QED) is 0.496. The minimum Gasteiger partial charge on any atom is -0.465 e. The summed E-state index contributed by atoms with van der Waals surface area (Å²) in [6.45, 7) is 3.78. The average molecular weight is 414 g/mol. The molecule has 8 nitrogen and oxygen atoms in total. The van der Waals surface area contributed by atoms with Crippen LogP contribution in [-0.4, -0.2) is 34.7 Å². The number of hydrogen-bond donors (Lipinski definition) is 3. The summed E-state index contributed by atoms with van der Waals surface area (Å²) < 4.78 is 5.29. The summed E-state index contributed by atoms with van der Waals surface area (Å²) in [6, 6.07) is 18.2. The van der Waals surface area contributed by atoms with Gasteiger partial charge < -0.3 is 10.5 Å². The number of ether oxygens (including phenoxy) is 1. The van der Waals surface area contributed by atoms with Crippen molar-refractivity contribution in [3.05, 3.63) is 60.7 Å². The Kier molecular flexibility index (Phi) is 6.40. The molecule has 0 aromatic heterocycles. The van der Waals surface area contributed by atoms with Gasteiger partial charge in [-0.1, -0.05) is 48.2 Å². The van der Waals surface area contributed by atoms with E-state index in [1.807, 2.05) is 65.6 Å². The summed E-state index contributed by atoms with van der Waals surface area (Å²) in [5.41, 5.74) is 11.0. The van der Waals surface area contributed by atoms with Crippen molar-refractivity contribution in [3.63, 3.8) is 0 Å². The number of amidine groups is 1. The number of carbonyl (C=O) groups is 2. The highest BCUT2D eigenvalue weighted by Crippen LogP contribution is 2.42. The lowest BCUT2D eigenvalue weighted by Gasteiger charge is -2.38.